The molecule has 3 aromatic rings. The average Bonchev–Trinajstić information content (AvgIpc) is 2.90. The van der Waals surface area contributed by atoms with Gasteiger partial charge in [0, 0.05) is 27.0 Å². The molecule has 0 fully saturated rings. The number of hydrogen-bond acceptors (Lipinski definition) is 5. The van der Waals surface area contributed by atoms with Gasteiger partial charge in [-0.1, -0.05) is 16.8 Å². The van der Waals surface area contributed by atoms with Crippen LogP contribution in [0.5, 0.6) is 0 Å². The highest BCUT2D eigenvalue weighted by Gasteiger charge is 2.12. The van der Waals surface area contributed by atoms with Gasteiger partial charge in [0.05, 0.1) is 5.02 Å². The Morgan fingerprint density at radius 2 is 1.71 bits per heavy atom. The van der Waals surface area contributed by atoms with Crippen LogP contribution >= 0.6 is 27.5 Å². The van der Waals surface area contributed by atoms with Gasteiger partial charge in [0.2, 0.25) is 5.82 Å². The van der Waals surface area contributed by atoms with Crippen molar-refractivity contribution >= 4 is 38.9 Å². The van der Waals surface area contributed by atoms with Crippen molar-refractivity contribution in [1.82, 2.24) is 10.1 Å². The molecule has 2 aromatic carbocycles. The second-order valence-corrected chi connectivity index (χ2v) is 5.70. The van der Waals surface area contributed by atoms with E-state index in [2.05, 4.69) is 26.1 Å². The lowest BCUT2D eigenvalue weighted by molar-refractivity contribution is 0.432. The maximum absolute atomic E-state index is 5.97. The zero-order valence-corrected chi connectivity index (χ0v) is 13.0. The Kier molecular flexibility index (Phi) is 3.57. The van der Waals surface area contributed by atoms with Gasteiger partial charge >= 0.3 is 0 Å². The van der Waals surface area contributed by atoms with Gasteiger partial charge in [0.25, 0.3) is 5.89 Å². The zero-order valence-electron chi connectivity index (χ0n) is 10.7. The summed E-state index contributed by atoms with van der Waals surface area (Å²) in [6, 6.07) is 10.5. The smallest absolute Gasteiger partial charge is 0.258 e. The topological polar surface area (TPSA) is 91.0 Å². The SMILES string of the molecule is Nc1cc(N)cc(-c2nc(-c3ccc(Cl)c(Br)c3)no2)c1. The van der Waals surface area contributed by atoms with E-state index in [1.54, 1.807) is 24.3 Å². The number of aromatic nitrogens is 2. The molecule has 7 heteroatoms. The summed E-state index contributed by atoms with van der Waals surface area (Å²) in [6.45, 7) is 0. The largest absolute Gasteiger partial charge is 0.399 e. The Morgan fingerprint density at radius 3 is 2.38 bits per heavy atom. The summed E-state index contributed by atoms with van der Waals surface area (Å²) in [5.74, 6) is 0.818. The Morgan fingerprint density at radius 1 is 1.00 bits per heavy atom. The number of nitrogens with zero attached hydrogens (tertiary/aromatic N) is 2. The lowest BCUT2D eigenvalue weighted by atomic mass is 10.1. The van der Waals surface area contributed by atoms with Crippen LogP contribution in [-0.4, -0.2) is 10.1 Å². The third-order valence-corrected chi connectivity index (χ3v) is 4.04. The molecule has 0 saturated heterocycles. The molecule has 0 atom stereocenters. The summed E-state index contributed by atoms with van der Waals surface area (Å²) in [5, 5.41) is 4.58. The van der Waals surface area contributed by atoms with E-state index in [9.17, 15) is 0 Å². The van der Waals surface area contributed by atoms with E-state index in [1.165, 1.54) is 0 Å². The molecule has 0 saturated carbocycles. The maximum atomic E-state index is 5.97. The third kappa shape index (κ3) is 2.86. The van der Waals surface area contributed by atoms with E-state index in [0.717, 1.165) is 10.0 Å². The van der Waals surface area contributed by atoms with E-state index in [-0.39, 0.29) is 0 Å². The first kappa shape index (κ1) is 13.9. The molecular formula is C14H10BrClN4O. The molecule has 0 spiro atoms. The van der Waals surface area contributed by atoms with Gasteiger partial charge in [0.15, 0.2) is 0 Å². The molecular weight excluding hydrogens is 356 g/mol. The van der Waals surface area contributed by atoms with Gasteiger partial charge < -0.3 is 16.0 Å². The molecule has 0 unspecified atom stereocenters. The Bertz CT molecular complexity index is 798. The lowest BCUT2D eigenvalue weighted by Gasteiger charge is -2.00. The molecule has 0 amide bonds. The molecule has 1 aromatic heterocycles. The van der Waals surface area contributed by atoms with Crippen LogP contribution in [-0.2, 0) is 0 Å². The minimum Gasteiger partial charge on any atom is -0.399 e. The summed E-state index contributed by atoms with van der Waals surface area (Å²) in [6.07, 6.45) is 0. The molecule has 106 valence electrons. The molecule has 0 aliphatic rings. The molecule has 3 rings (SSSR count). The average molecular weight is 366 g/mol. The van der Waals surface area contributed by atoms with E-state index < -0.39 is 0 Å². The highest BCUT2D eigenvalue weighted by Crippen LogP contribution is 2.29. The van der Waals surface area contributed by atoms with Crippen LogP contribution < -0.4 is 11.5 Å². The van der Waals surface area contributed by atoms with E-state index in [4.69, 9.17) is 27.6 Å². The van der Waals surface area contributed by atoms with Gasteiger partial charge in [-0.25, -0.2) is 0 Å². The van der Waals surface area contributed by atoms with Crippen molar-refractivity contribution in [3.05, 3.63) is 45.9 Å². The quantitative estimate of drug-likeness (QED) is 0.670. The van der Waals surface area contributed by atoms with Gasteiger partial charge in [-0.2, -0.15) is 4.98 Å². The maximum Gasteiger partial charge on any atom is 0.258 e. The second kappa shape index (κ2) is 5.38. The normalized spacial score (nSPS) is 10.8. The third-order valence-electron chi connectivity index (χ3n) is 2.83. The summed E-state index contributed by atoms with van der Waals surface area (Å²) in [4.78, 5) is 4.35. The van der Waals surface area contributed by atoms with Crippen LogP contribution in [0.1, 0.15) is 0 Å². The number of nitrogens with two attached hydrogens (primary N) is 2. The number of hydrogen-bond donors (Lipinski definition) is 2. The van der Waals surface area contributed by atoms with Crippen molar-refractivity contribution in [2.75, 3.05) is 11.5 Å². The molecule has 0 aliphatic carbocycles. The minimum atomic E-state index is 0.357. The Balaban J connectivity index is 2.01. The fourth-order valence-electron chi connectivity index (χ4n) is 1.89. The van der Waals surface area contributed by atoms with Gasteiger partial charge in [0.1, 0.15) is 0 Å². The van der Waals surface area contributed by atoms with Gasteiger partial charge in [-0.3, -0.25) is 0 Å². The standard InChI is InChI=1S/C14H10BrClN4O/c15-11-5-7(1-2-12(11)16)13-19-14(21-20-13)8-3-9(17)6-10(18)4-8/h1-6H,17-18H2. The highest BCUT2D eigenvalue weighted by atomic mass is 79.9. The van der Waals surface area contributed by atoms with Gasteiger partial charge in [-0.15, -0.1) is 0 Å². The molecule has 5 nitrogen and oxygen atoms in total. The van der Waals surface area contributed by atoms with Crippen LogP contribution in [0.4, 0.5) is 11.4 Å². The number of rotatable bonds is 2. The highest BCUT2D eigenvalue weighted by molar-refractivity contribution is 9.10. The predicted molar refractivity (Wildman–Crippen MR) is 86.7 cm³/mol. The van der Waals surface area contributed by atoms with Crippen LogP contribution in [0.2, 0.25) is 5.02 Å². The number of nitrogen functional groups attached to an aromatic ring is 2. The number of halogens is 2. The van der Waals surface area contributed by atoms with E-state index in [0.29, 0.717) is 33.7 Å². The lowest BCUT2D eigenvalue weighted by Crippen LogP contribution is -1.91. The van der Waals surface area contributed by atoms with Crippen molar-refractivity contribution in [3.8, 4) is 22.8 Å². The Labute approximate surface area is 134 Å². The fraction of sp³-hybridized carbons (Fsp3) is 0. The summed E-state index contributed by atoms with van der Waals surface area (Å²) >= 11 is 9.33. The molecule has 21 heavy (non-hydrogen) atoms. The zero-order chi connectivity index (χ0) is 15.0. The van der Waals surface area contributed by atoms with Crippen LogP contribution in [0.15, 0.2) is 45.4 Å². The molecule has 4 N–H and O–H groups in total. The fourth-order valence-corrected chi connectivity index (χ4v) is 2.39. The number of anilines is 2. The molecule has 1 heterocycles. The second-order valence-electron chi connectivity index (χ2n) is 4.44. The first-order valence-electron chi connectivity index (χ1n) is 5.98. The predicted octanol–water partition coefficient (Wildman–Crippen LogP) is 3.98. The van der Waals surface area contributed by atoms with E-state index >= 15 is 0 Å². The Hall–Kier alpha value is -2.05. The van der Waals surface area contributed by atoms with Crippen LogP contribution in [0.25, 0.3) is 22.8 Å². The van der Waals surface area contributed by atoms with E-state index in [1.807, 2.05) is 12.1 Å². The first-order valence-corrected chi connectivity index (χ1v) is 7.15. The summed E-state index contributed by atoms with van der Waals surface area (Å²) in [7, 11) is 0. The van der Waals surface area contributed by atoms with Crippen LogP contribution in [0, 0.1) is 0 Å². The molecule has 0 radical (unpaired) electrons. The molecule has 0 bridgehead atoms. The van der Waals surface area contributed by atoms with Crippen molar-refractivity contribution in [2.45, 2.75) is 0 Å². The summed E-state index contributed by atoms with van der Waals surface area (Å²) in [5.41, 5.74) is 14.1. The van der Waals surface area contributed by atoms with Crippen LogP contribution in [0.3, 0.4) is 0 Å². The van der Waals surface area contributed by atoms with Crippen molar-refractivity contribution in [1.29, 1.82) is 0 Å². The van der Waals surface area contributed by atoms with Gasteiger partial charge in [-0.05, 0) is 52.3 Å². The first-order chi connectivity index (χ1) is 10.0. The monoisotopic (exact) mass is 364 g/mol. The summed E-state index contributed by atoms with van der Waals surface area (Å²) < 4.78 is 6.03. The van der Waals surface area contributed by atoms with Crippen molar-refractivity contribution in [3.63, 3.8) is 0 Å². The minimum absolute atomic E-state index is 0.357. The van der Waals surface area contributed by atoms with Crippen molar-refractivity contribution in [2.24, 2.45) is 0 Å². The molecule has 0 aliphatic heterocycles. The number of benzene rings is 2. The van der Waals surface area contributed by atoms with Crippen molar-refractivity contribution < 1.29 is 4.52 Å².